The maximum Gasteiger partial charge on any atom is 0.328 e. The van der Waals surface area contributed by atoms with Gasteiger partial charge in [-0.1, -0.05) is 12.2 Å². The van der Waals surface area contributed by atoms with Crippen LogP contribution in [-0.2, 0) is 9.59 Å². The SMILES string of the molecule is CC(O)[C@H](NC(=O)N[C@@H](CC(N)=O)C(=S)NN(C)C[C@@H](N)CO)C(=O)O. The number of hydrogen-bond acceptors (Lipinski definition) is 8. The molecular formula is C13H26N6O6S. The number of carboxylic acid groups (broad SMARTS) is 1. The number of nitrogens with two attached hydrogens (primary N) is 2. The summed E-state index contributed by atoms with van der Waals surface area (Å²) in [7, 11) is 1.58. The number of primary amides is 1. The number of carbonyl (C=O) groups excluding carboxylic acids is 2. The Bertz CT molecular complexity index is 519. The molecule has 0 aliphatic rings. The highest BCUT2D eigenvalue weighted by Gasteiger charge is 2.27. The van der Waals surface area contributed by atoms with E-state index in [9.17, 15) is 19.5 Å². The number of urea groups is 1. The van der Waals surface area contributed by atoms with Gasteiger partial charge in [-0.2, -0.15) is 0 Å². The maximum atomic E-state index is 12.0. The Morgan fingerprint density at radius 2 is 1.85 bits per heavy atom. The number of hydrogen-bond donors (Lipinski definition) is 8. The molecule has 0 saturated heterocycles. The smallest absolute Gasteiger partial charge is 0.328 e. The summed E-state index contributed by atoms with van der Waals surface area (Å²) in [5.41, 5.74) is 13.4. The van der Waals surface area contributed by atoms with Crippen LogP contribution in [0.3, 0.4) is 0 Å². The van der Waals surface area contributed by atoms with E-state index in [1.165, 1.54) is 11.9 Å². The predicted molar refractivity (Wildman–Crippen MR) is 95.8 cm³/mol. The van der Waals surface area contributed by atoms with Gasteiger partial charge in [0.1, 0.15) is 4.99 Å². The highest BCUT2D eigenvalue weighted by atomic mass is 32.1. The number of likely N-dealkylation sites (N-methyl/N-ethyl adjacent to an activating group) is 1. The van der Waals surface area contributed by atoms with Crippen LogP contribution < -0.4 is 27.5 Å². The summed E-state index contributed by atoms with van der Waals surface area (Å²) in [6.07, 6.45) is -1.69. The van der Waals surface area contributed by atoms with Gasteiger partial charge in [0.05, 0.1) is 25.2 Å². The third-order valence-electron chi connectivity index (χ3n) is 3.11. The zero-order chi connectivity index (χ0) is 20.4. The van der Waals surface area contributed by atoms with Crippen LogP contribution in [0.5, 0.6) is 0 Å². The summed E-state index contributed by atoms with van der Waals surface area (Å²) < 4.78 is 0. The molecule has 0 bridgehead atoms. The number of aliphatic hydroxyl groups is 2. The number of aliphatic carboxylic acids is 1. The van der Waals surface area contributed by atoms with Crippen molar-refractivity contribution >= 4 is 35.1 Å². The number of rotatable bonds is 11. The second kappa shape index (κ2) is 11.5. The summed E-state index contributed by atoms with van der Waals surface area (Å²) in [6, 6.07) is -4.07. The molecular weight excluding hydrogens is 368 g/mol. The fourth-order valence-corrected chi connectivity index (χ4v) is 2.16. The van der Waals surface area contributed by atoms with Crippen molar-refractivity contribution < 1.29 is 29.7 Å². The molecule has 0 aromatic rings. The Morgan fingerprint density at radius 1 is 1.27 bits per heavy atom. The Labute approximate surface area is 155 Å². The third kappa shape index (κ3) is 9.43. The molecule has 26 heavy (non-hydrogen) atoms. The minimum Gasteiger partial charge on any atom is -0.480 e. The van der Waals surface area contributed by atoms with Gasteiger partial charge in [0.2, 0.25) is 5.91 Å². The van der Waals surface area contributed by atoms with Crippen molar-refractivity contribution in [3.05, 3.63) is 0 Å². The second-order valence-corrected chi connectivity index (χ2v) is 6.14. The quantitative estimate of drug-likeness (QED) is 0.128. The van der Waals surface area contributed by atoms with Crippen molar-refractivity contribution in [1.82, 2.24) is 21.1 Å². The van der Waals surface area contributed by atoms with Crippen molar-refractivity contribution in [3.63, 3.8) is 0 Å². The highest BCUT2D eigenvalue weighted by Crippen LogP contribution is 1.98. The van der Waals surface area contributed by atoms with E-state index in [0.717, 1.165) is 0 Å². The van der Waals surface area contributed by atoms with E-state index < -0.39 is 42.1 Å². The summed E-state index contributed by atoms with van der Waals surface area (Å²) in [6.45, 7) is 1.17. The van der Waals surface area contributed by atoms with Crippen molar-refractivity contribution in [3.8, 4) is 0 Å². The van der Waals surface area contributed by atoms with Gasteiger partial charge in [-0.3, -0.25) is 4.79 Å². The zero-order valence-electron chi connectivity index (χ0n) is 14.5. The topological polar surface area (TPSA) is 203 Å². The summed E-state index contributed by atoms with van der Waals surface area (Å²) in [5.74, 6) is -2.18. The van der Waals surface area contributed by atoms with E-state index >= 15 is 0 Å². The molecule has 0 rings (SSSR count). The first-order valence-electron chi connectivity index (χ1n) is 7.62. The molecule has 0 aromatic carbocycles. The molecule has 150 valence electrons. The lowest BCUT2D eigenvalue weighted by Gasteiger charge is -2.27. The molecule has 10 N–H and O–H groups in total. The summed E-state index contributed by atoms with van der Waals surface area (Å²) in [4.78, 5) is 34.2. The molecule has 0 aliphatic carbocycles. The second-order valence-electron chi connectivity index (χ2n) is 5.70. The zero-order valence-corrected chi connectivity index (χ0v) is 15.3. The van der Waals surface area contributed by atoms with Crippen molar-refractivity contribution in [2.75, 3.05) is 20.2 Å². The van der Waals surface area contributed by atoms with E-state index in [1.807, 2.05) is 0 Å². The van der Waals surface area contributed by atoms with Gasteiger partial charge in [-0.25, -0.2) is 14.6 Å². The number of nitrogens with zero attached hydrogens (tertiary/aromatic N) is 1. The minimum absolute atomic E-state index is 0.0236. The molecule has 12 nitrogen and oxygen atoms in total. The van der Waals surface area contributed by atoms with Crippen LogP contribution in [0.2, 0.25) is 0 Å². The normalized spacial score (nSPS) is 15.5. The number of hydrazine groups is 1. The Morgan fingerprint density at radius 3 is 2.27 bits per heavy atom. The van der Waals surface area contributed by atoms with Gasteiger partial charge in [0.25, 0.3) is 0 Å². The largest absolute Gasteiger partial charge is 0.480 e. The first-order valence-corrected chi connectivity index (χ1v) is 8.03. The molecule has 0 saturated carbocycles. The Kier molecular flexibility index (Phi) is 10.6. The van der Waals surface area contributed by atoms with Crippen LogP contribution in [0.4, 0.5) is 4.79 Å². The number of thiocarbonyl (C=S) groups is 1. The Hall–Kier alpha value is -2.06. The fourth-order valence-electron chi connectivity index (χ4n) is 1.86. The summed E-state index contributed by atoms with van der Waals surface area (Å²) >= 11 is 5.12. The molecule has 13 heteroatoms. The molecule has 0 heterocycles. The molecule has 4 atom stereocenters. The van der Waals surface area contributed by atoms with Crippen LogP contribution in [0.25, 0.3) is 0 Å². The average Bonchev–Trinajstić information content (AvgIpc) is 2.50. The lowest BCUT2D eigenvalue weighted by Crippen LogP contribution is -2.58. The lowest BCUT2D eigenvalue weighted by molar-refractivity contribution is -0.141. The van der Waals surface area contributed by atoms with E-state index in [1.54, 1.807) is 7.05 Å². The molecule has 3 amide bonds. The van der Waals surface area contributed by atoms with Gasteiger partial charge >= 0.3 is 12.0 Å². The molecule has 0 fully saturated rings. The number of carboxylic acids is 1. The molecule has 0 aromatic heterocycles. The molecule has 0 radical (unpaired) electrons. The van der Waals surface area contributed by atoms with Crippen LogP contribution in [0.1, 0.15) is 13.3 Å². The van der Waals surface area contributed by atoms with Crippen molar-refractivity contribution in [2.24, 2.45) is 11.5 Å². The minimum atomic E-state index is -1.55. The first kappa shape index (κ1) is 23.9. The van der Waals surface area contributed by atoms with Crippen LogP contribution >= 0.6 is 12.2 Å². The van der Waals surface area contributed by atoms with E-state index in [4.69, 9.17) is 33.9 Å². The standard InChI is InChI=1S/C13H26N6O6S/c1-6(21)10(12(23)24)17-13(25)16-8(3-9(15)22)11(26)18-19(2)4-7(14)5-20/h6-8,10,20-21H,3-5,14H2,1-2H3,(H2,15,22)(H,18,26)(H,23,24)(H2,16,17,25)/t6?,7-,8+,10+/m1/s1. The number of carbonyl (C=O) groups is 3. The monoisotopic (exact) mass is 394 g/mol. The van der Waals surface area contributed by atoms with Crippen LogP contribution in [0, 0.1) is 0 Å². The predicted octanol–water partition coefficient (Wildman–Crippen LogP) is -3.55. The van der Waals surface area contributed by atoms with Gasteiger partial charge in [0, 0.05) is 19.6 Å². The molecule has 0 spiro atoms. The number of amides is 3. The Balaban J connectivity index is 4.92. The fraction of sp³-hybridized carbons (Fsp3) is 0.692. The van der Waals surface area contributed by atoms with Gasteiger partial charge in [-0.15, -0.1) is 0 Å². The van der Waals surface area contributed by atoms with Gasteiger partial charge in [0.15, 0.2) is 6.04 Å². The van der Waals surface area contributed by atoms with Crippen LogP contribution in [-0.4, -0.2) is 87.7 Å². The van der Waals surface area contributed by atoms with Crippen LogP contribution in [0.15, 0.2) is 0 Å². The lowest BCUT2D eigenvalue weighted by atomic mass is 10.2. The number of nitrogens with one attached hydrogen (secondary N) is 3. The third-order valence-corrected chi connectivity index (χ3v) is 3.48. The van der Waals surface area contributed by atoms with Crippen molar-refractivity contribution in [1.29, 1.82) is 0 Å². The maximum absolute atomic E-state index is 12.0. The highest BCUT2D eigenvalue weighted by molar-refractivity contribution is 7.80. The van der Waals surface area contributed by atoms with E-state index in [2.05, 4.69) is 16.1 Å². The van der Waals surface area contributed by atoms with E-state index in [-0.39, 0.29) is 24.6 Å². The molecule has 0 aliphatic heterocycles. The molecule has 1 unspecified atom stereocenters. The van der Waals surface area contributed by atoms with E-state index in [0.29, 0.717) is 0 Å². The summed E-state index contributed by atoms with van der Waals surface area (Å²) in [5, 5.41) is 33.1. The van der Waals surface area contributed by atoms with Gasteiger partial charge in [-0.05, 0) is 6.92 Å². The average molecular weight is 394 g/mol. The first-order chi connectivity index (χ1) is 12.0. The number of aliphatic hydroxyl groups excluding tert-OH is 2. The van der Waals surface area contributed by atoms with Gasteiger partial charge < -0.3 is 42.8 Å². The van der Waals surface area contributed by atoms with Crippen molar-refractivity contribution in [2.45, 2.75) is 37.6 Å².